The van der Waals surface area contributed by atoms with Gasteiger partial charge in [0.25, 0.3) is 0 Å². The summed E-state index contributed by atoms with van der Waals surface area (Å²) in [5.74, 6) is 0.182. The second kappa shape index (κ2) is 7.83. The first kappa shape index (κ1) is 18.2. The van der Waals surface area contributed by atoms with Crippen molar-refractivity contribution in [3.8, 4) is 0 Å². The maximum atomic E-state index is 6.58. The molecule has 2 fully saturated rings. The van der Waals surface area contributed by atoms with Gasteiger partial charge in [0.2, 0.25) is 0 Å². The van der Waals surface area contributed by atoms with E-state index in [1.165, 1.54) is 25.7 Å². The van der Waals surface area contributed by atoms with E-state index in [9.17, 15) is 0 Å². The molecular weight excluding hydrogens is 367 g/mol. The smallest absolute Gasteiger partial charge is 0.0722 e. The Labute approximate surface area is 164 Å². The average molecular weight is 391 g/mol. The molecule has 2 heterocycles. The maximum Gasteiger partial charge on any atom is 0.0722 e. The van der Waals surface area contributed by atoms with Crippen molar-refractivity contribution < 1.29 is 0 Å². The van der Waals surface area contributed by atoms with Gasteiger partial charge >= 0.3 is 0 Å². The highest BCUT2D eigenvalue weighted by atomic mass is 35.5. The fourth-order valence-corrected chi connectivity index (χ4v) is 4.80. The molecule has 2 aliphatic rings. The highest BCUT2D eigenvalue weighted by Gasteiger charge is 2.40. The van der Waals surface area contributed by atoms with Crippen LogP contribution in [-0.2, 0) is 6.54 Å². The largest absolute Gasteiger partial charge is 0.326 e. The SMILES string of the molecule is NCc1cccnc1C1NN(C2CCCC2)CC1c1cccc(Cl)c1Cl. The lowest BCUT2D eigenvalue weighted by molar-refractivity contribution is 0.164. The van der Waals surface area contributed by atoms with Crippen molar-refractivity contribution in [3.63, 3.8) is 0 Å². The van der Waals surface area contributed by atoms with Crippen LogP contribution >= 0.6 is 23.2 Å². The number of halogens is 2. The van der Waals surface area contributed by atoms with Gasteiger partial charge in [0.1, 0.15) is 0 Å². The molecule has 4 nitrogen and oxygen atoms in total. The van der Waals surface area contributed by atoms with Crippen LogP contribution in [0.3, 0.4) is 0 Å². The van der Waals surface area contributed by atoms with Gasteiger partial charge in [-0.1, -0.05) is 54.2 Å². The molecule has 138 valence electrons. The van der Waals surface area contributed by atoms with E-state index in [-0.39, 0.29) is 12.0 Å². The third-order valence-corrected chi connectivity index (χ3v) is 6.52. The Morgan fingerprint density at radius 1 is 1.15 bits per heavy atom. The number of pyridine rings is 1. The van der Waals surface area contributed by atoms with Crippen LogP contribution in [0, 0.1) is 0 Å². The van der Waals surface area contributed by atoms with Crippen molar-refractivity contribution in [1.82, 2.24) is 15.4 Å². The minimum atomic E-state index is 0.0475. The summed E-state index contributed by atoms with van der Waals surface area (Å²) in [6.07, 6.45) is 6.91. The van der Waals surface area contributed by atoms with Crippen molar-refractivity contribution in [2.75, 3.05) is 6.54 Å². The first-order chi connectivity index (χ1) is 12.7. The highest BCUT2D eigenvalue weighted by Crippen LogP contribution is 2.43. The molecule has 0 amide bonds. The molecule has 1 saturated heterocycles. The number of nitrogens with two attached hydrogens (primary N) is 1. The number of benzene rings is 1. The molecule has 0 radical (unpaired) electrons. The molecule has 2 aromatic rings. The van der Waals surface area contributed by atoms with Gasteiger partial charge in [-0.2, -0.15) is 0 Å². The molecule has 1 saturated carbocycles. The zero-order valence-electron chi connectivity index (χ0n) is 14.7. The predicted octanol–water partition coefficient (Wildman–Crippen LogP) is 4.43. The number of rotatable bonds is 4. The molecule has 0 spiro atoms. The minimum absolute atomic E-state index is 0.0475. The van der Waals surface area contributed by atoms with Crippen LogP contribution in [0.1, 0.15) is 54.5 Å². The maximum absolute atomic E-state index is 6.58. The fourth-order valence-electron chi connectivity index (χ4n) is 4.35. The van der Waals surface area contributed by atoms with Crippen LogP contribution in [0.25, 0.3) is 0 Å². The van der Waals surface area contributed by atoms with E-state index in [1.54, 1.807) is 0 Å². The summed E-state index contributed by atoms with van der Waals surface area (Å²) < 4.78 is 0. The molecular formula is C20H24Cl2N4. The molecule has 1 aliphatic carbocycles. The monoisotopic (exact) mass is 390 g/mol. The van der Waals surface area contributed by atoms with Gasteiger partial charge in [-0.3, -0.25) is 4.98 Å². The summed E-state index contributed by atoms with van der Waals surface area (Å²) >= 11 is 12.9. The quantitative estimate of drug-likeness (QED) is 0.810. The highest BCUT2D eigenvalue weighted by molar-refractivity contribution is 6.42. The summed E-state index contributed by atoms with van der Waals surface area (Å²) in [7, 11) is 0. The van der Waals surface area contributed by atoms with Gasteiger partial charge in [0.05, 0.1) is 21.8 Å². The van der Waals surface area contributed by atoms with E-state index in [0.29, 0.717) is 22.6 Å². The molecule has 6 heteroatoms. The Morgan fingerprint density at radius 3 is 2.73 bits per heavy atom. The van der Waals surface area contributed by atoms with Gasteiger partial charge in [0, 0.05) is 31.2 Å². The molecule has 26 heavy (non-hydrogen) atoms. The van der Waals surface area contributed by atoms with Crippen LogP contribution in [0.4, 0.5) is 0 Å². The van der Waals surface area contributed by atoms with Gasteiger partial charge in [0.15, 0.2) is 0 Å². The van der Waals surface area contributed by atoms with Gasteiger partial charge in [-0.05, 0) is 36.1 Å². The van der Waals surface area contributed by atoms with E-state index in [0.717, 1.165) is 23.4 Å². The van der Waals surface area contributed by atoms with E-state index in [1.807, 2.05) is 24.4 Å². The second-order valence-electron chi connectivity index (χ2n) is 7.20. The van der Waals surface area contributed by atoms with Crippen LogP contribution in [0.2, 0.25) is 10.0 Å². The number of nitrogens with zero attached hydrogens (tertiary/aromatic N) is 2. The Balaban J connectivity index is 1.73. The van der Waals surface area contributed by atoms with Crippen molar-refractivity contribution >= 4 is 23.2 Å². The van der Waals surface area contributed by atoms with Crippen LogP contribution in [0.5, 0.6) is 0 Å². The van der Waals surface area contributed by atoms with Gasteiger partial charge < -0.3 is 5.73 Å². The molecule has 1 aromatic carbocycles. The number of hydrogen-bond acceptors (Lipinski definition) is 4. The first-order valence-electron chi connectivity index (χ1n) is 9.29. The molecule has 1 aliphatic heterocycles. The van der Waals surface area contributed by atoms with Crippen molar-refractivity contribution in [3.05, 3.63) is 63.4 Å². The van der Waals surface area contributed by atoms with Crippen LogP contribution in [-0.4, -0.2) is 22.6 Å². The summed E-state index contributed by atoms with van der Waals surface area (Å²) in [5, 5.41) is 3.64. The van der Waals surface area contributed by atoms with Crippen molar-refractivity contribution in [1.29, 1.82) is 0 Å². The Morgan fingerprint density at radius 2 is 1.96 bits per heavy atom. The van der Waals surface area contributed by atoms with Crippen molar-refractivity contribution in [2.45, 2.75) is 50.2 Å². The Hall–Kier alpha value is -1.17. The summed E-state index contributed by atoms with van der Waals surface area (Å²) in [6.45, 7) is 1.37. The molecule has 4 rings (SSSR count). The lowest BCUT2D eigenvalue weighted by atomic mass is 9.89. The van der Waals surface area contributed by atoms with E-state index in [2.05, 4.69) is 27.6 Å². The van der Waals surface area contributed by atoms with E-state index < -0.39 is 0 Å². The number of aromatic nitrogens is 1. The lowest BCUT2D eigenvalue weighted by Gasteiger charge is -2.24. The molecule has 3 N–H and O–H groups in total. The van der Waals surface area contributed by atoms with Crippen LogP contribution in [0.15, 0.2) is 36.5 Å². The third-order valence-electron chi connectivity index (χ3n) is 5.69. The van der Waals surface area contributed by atoms with Gasteiger partial charge in [-0.15, -0.1) is 0 Å². The Kier molecular flexibility index (Phi) is 5.48. The van der Waals surface area contributed by atoms with Gasteiger partial charge in [-0.25, -0.2) is 10.4 Å². The minimum Gasteiger partial charge on any atom is -0.326 e. The summed E-state index contributed by atoms with van der Waals surface area (Å²) in [6, 6.07) is 10.5. The predicted molar refractivity (Wildman–Crippen MR) is 106 cm³/mol. The molecule has 1 aromatic heterocycles. The Bertz CT molecular complexity index is 776. The molecule has 0 bridgehead atoms. The van der Waals surface area contributed by atoms with Crippen molar-refractivity contribution in [2.24, 2.45) is 5.73 Å². The zero-order chi connectivity index (χ0) is 18.1. The molecule has 2 atom stereocenters. The topological polar surface area (TPSA) is 54.2 Å². The summed E-state index contributed by atoms with van der Waals surface area (Å²) in [4.78, 5) is 4.68. The number of hydrogen-bond donors (Lipinski definition) is 2. The second-order valence-corrected chi connectivity index (χ2v) is 7.98. The fraction of sp³-hybridized carbons (Fsp3) is 0.450. The average Bonchev–Trinajstić information content (AvgIpc) is 3.33. The third kappa shape index (κ3) is 3.37. The standard InChI is InChI=1S/C20H24Cl2N4/c21-17-9-3-8-15(18(17)22)16-12-26(14-6-1-2-7-14)25-20(16)19-13(11-23)5-4-10-24-19/h3-5,8-10,14,16,20,25H,1-2,6-7,11-12,23H2. The summed E-state index contributed by atoms with van der Waals surface area (Å²) in [5.41, 5.74) is 12.9. The molecule has 2 unspecified atom stereocenters. The van der Waals surface area contributed by atoms with Crippen LogP contribution < -0.4 is 11.2 Å². The first-order valence-corrected chi connectivity index (χ1v) is 10.0. The number of nitrogens with one attached hydrogen (secondary N) is 1. The number of hydrazine groups is 1. The lowest BCUT2D eigenvalue weighted by Crippen LogP contribution is -2.39. The zero-order valence-corrected chi connectivity index (χ0v) is 16.2. The van der Waals surface area contributed by atoms with E-state index >= 15 is 0 Å². The normalized spacial score (nSPS) is 24.4. The van der Waals surface area contributed by atoms with E-state index in [4.69, 9.17) is 28.9 Å².